The minimum atomic E-state index is 0.550. The van der Waals surface area contributed by atoms with E-state index >= 15 is 0 Å². The van der Waals surface area contributed by atoms with Gasteiger partial charge < -0.3 is 0 Å². The van der Waals surface area contributed by atoms with E-state index in [-0.39, 0.29) is 0 Å². The number of rotatable bonds is 11. The first-order valence-electron chi connectivity index (χ1n) is 24.1. The highest BCUT2D eigenvalue weighted by Gasteiger charge is 2.39. The highest BCUT2D eigenvalue weighted by molar-refractivity contribution is 5.83. The maximum Gasteiger partial charge on any atom is -0.0119 e. The third-order valence-corrected chi connectivity index (χ3v) is 10.2. The summed E-state index contributed by atoms with van der Waals surface area (Å²) in [6.07, 6.45) is 27.1. The zero-order chi connectivity index (χ0) is 47.4. The van der Waals surface area contributed by atoms with E-state index in [2.05, 4.69) is 143 Å². The monoisotopic (exact) mass is 813 g/mol. The maximum atomic E-state index is 4.11. The summed E-state index contributed by atoms with van der Waals surface area (Å²) in [5, 5.41) is 0. The van der Waals surface area contributed by atoms with Gasteiger partial charge in [-0.1, -0.05) is 224 Å². The minimum Gasteiger partial charge on any atom is -0.124 e. The molecule has 2 aromatic rings. The topological polar surface area (TPSA) is 0 Å². The Bertz CT molecular complexity index is 1290. The Kier molecular flexibility index (Phi) is 54.2. The van der Waals surface area contributed by atoms with Crippen LogP contribution in [0.1, 0.15) is 231 Å². The number of unbranched alkanes of at least 4 members (excludes halogenated alkanes) is 2. The number of allylic oxidation sites excluding steroid dienone is 6. The summed E-state index contributed by atoms with van der Waals surface area (Å²) >= 11 is 0. The van der Waals surface area contributed by atoms with Crippen LogP contribution < -0.4 is 0 Å². The van der Waals surface area contributed by atoms with Crippen molar-refractivity contribution in [1.29, 1.82) is 0 Å². The number of aryl methyl sites for hydroxylation is 2. The smallest absolute Gasteiger partial charge is 0.0119 e. The molecule has 0 unspecified atom stereocenters. The molecule has 0 bridgehead atoms. The van der Waals surface area contributed by atoms with Gasteiger partial charge in [0.15, 0.2) is 0 Å². The van der Waals surface area contributed by atoms with Crippen LogP contribution in [0.5, 0.6) is 0 Å². The van der Waals surface area contributed by atoms with E-state index in [9.17, 15) is 0 Å². The lowest BCUT2D eigenvalue weighted by Crippen LogP contribution is -2.30. The first kappa shape index (κ1) is 67.5. The molecular weight excluding hydrogens is 709 g/mol. The summed E-state index contributed by atoms with van der Waals surface area (Å²) in [5.41, 5.74) is 14.3. The van der Waals surface area contributed by atoms with Crippen molar-refractivity contribution in [3.05, 3.63) is 124 Å². The van der Waals surface area contributed by atoms with Gasteiger partial charge in [-0.25, -0.2) is 0 Å². The summed E-state index contributed by atoms with van der Waals surface area (Å²) in [4.78, 5) is 0. The van der Waals surface area contributed by atoms with E-state index in [0.29, 0.717) is 5.41 Å². The Morgan fingerprint density at radius 2 is 1.05 bits per heavy atom. The molecule has 2 fully saturated rings. The highest BCUT2D eigenvalue weighted by atomic mass is 14.4. The van der Waals surface area contributed by atoms with Gasteiger partial charge in [0.1, 0.15) is 0 Å². The molecule has 0 aliphatic heterocycles. The van der Waals surface area contributed by atoms with Gasteiger partial charge in [-0.15, -0.1) is 19.4 Å². The third kappa shape index (κ3) is 33.1. The quantitative estimate of drug-likeness (QED) is 0.120. The molecule has 4 rings (SSSR count). The van der Waals surface area contributed by atoms with E-state index in [0.717, 1.165) is 17.9 Å². The van der Waals surface area contributed by atoms with Gasteiger partial charge in [0.05, 0.1) is 0 Å². The number of terminal acetylenes is 1. The van der Waals surface area contributed by atoms with Crippen LogP contribution in [-0.4, -0.2) is 0 Å². The molecule has 59 heavy (non-hydrogen) atoms. The lowest BCUT2D eigenvalue weighted by Gasteiger charge is -2.44. The van der Waals surface area contributed by atoms with Crippen LogP contribution in [0.3, 0.4) is 0 Å². The Balaban J connectivity index is -0.000000167. The van der Waals surface area contributed by atoms with Crippen molar-refractivity contribution >= 4 is 5.57 Å². The molecule has 0 nitrogen and oxygen atoms in total. The SMILES string of the molecule is C#C.C=C(C)/C(C)=C/C.C=C(C)C.C=C(CCCC)C1CCC1.CC.CC.CC.CC.CCCC.CCc1ccc(C(=C2CC(CC)(CC)C2)c2ccc(C)cc2)cc1. The standard InChI is InChI=1S/C24H30.C10H18.C7H12.C4H8.C4H10.4C2H6.C2H2/c1-5-19-10-14-21(15-11-19)23(20-12-8-18(4)9-13-20)22-16-24(6-2,7-3)17-22;1-3-4-6-9(2)10-7-5-8-10;1-5-7(4)6(2)3;1-4(2)3;1-3-4-2;5*1-2/h8-15H,5-7,16-17H2,1-4H3;10H,2-8H2,1H3;5H,2H2,1,3-4H3;1H2,2-3H3;3-4H2,1-2H3;4*1-2H3;1-2H/b;;7-5+;;;;;;;. The van der Waals surface area contributed by atoms with Gasteiger partial charge in [0.2, 0.25) is 0 Å². The molecule has 2 aromatic carbocycles. The molecule has 0 atom stereocenters. The number of hydrogen-bond donors (Lipinski definition) is 0. The second kappa shape index (κ2) is 47.4. The molecule has 0 aromatic heterocycles. The fraction of sp³-hybridized carbons (Fsp3) is 0.593. The summed E-state index contributed by atoms with van der Waals surface area (Å²) in [6.45, 7) is 53.1. The molecule has 2 aliphatic carbocycles. The Labute approximate surface area is 374 Å². The molecule has 0 saturated heterocycles. The first-order chi connectivity index (χ1) is 28.3. The van der Waals surface area contributed by atoms with Crippen LogP contribution in [0.25, 0.3) is 5.57 Å². The van der Waals surface area contributed by atoms with E-state index in [1.807, 2.05) is 83.1 Å². The predicted molar refractivity (Wildman–Crippen MR) is 282 cm³/mol. The molecule has 2 saturated carbocycles. The van der Waals surface area contributed by atoms with Crippen molar-refractivity contribution in [2.75, 3.05) is 0 Å². The molecule has 0 spiro atoms. The zero-order valence-electron chi connectivity index (χ0n) is 43.7. The normalized spacial score (nSPS) is 12.4. The largest absolute Gasteiger partial charge is 0.124 e. The van der Waals surface area contributed by atoms with Gasteiger partial charge in [-0.2, -0.15) is 0 Å². The second-order valence-corrected chi connectivity index (χ2v) is 14.8. The molecular formula is C59H104. The minimum absolute atomic E-state index is 0.550. The molecule has 0 heteroatoms. The summed E-state index contributed by atoms with van der Waals surface area (Å²) in [7, 11) is 0. The summed E-state index contributed by atoms with van der Waals surface area (Å²) < 4.78 is 0. The van der Waals surface area contributed by atoms with Gasteiger partial charge >= 0.3 is 0 Å². The maximum absolute atomic E-state index is 4.11. The second-order valence-electron chi connectivity index (χ2n) is 14.8. The van der Waals surface area contributed by atoms with Gasteiger partial charge in [0, 0.05) is 0 Å². The van der Waals surface area contributed by atoms with Crippen molar-refractivity contribution < 1.29 is 0 Å². The van der Waals surface area contributed by atoms with E-state index in [1.165, 1.54) is 122 Å². The fourth-order valence-corrected chi connectivity index (χ4v) is 5.65. The van der Waals surface area contributed by atoms with E-state index in [1.54, 1.807) is 5.57 Å². The van der Waals surface area contributed by atoms with Crippen molar-refractivity contribution in [3.8, 4) is 12.8 Å². The Hall–Kier alpha value is -3.30. The first-order valence-corrected chi connectivity index (χ1v) is 24.1. The van der Waals surface area contributed by atoms with Crippen LogP contribution in [-0.2, 0) is 6.42 Å². The molecule has 0 N–H and O–H groups in total. The fourth-order valence-electron chi connectivity index (χ4n) is 5.65. The van der Waals surface area contributed by atoms with E-state index in [4.69, 9.17) is 0 Å². The average molecular weight is 813 g/mol. The Morgan fingerprint density at radius 1 is 0.661 bits per heavy atom. The zero-order valence-corrected chi connectivity index (χ0v) is 43.7. The lowest BCUT2D eigenvalue weighted by atomic mass is 9.60. The van der Waals surface area contributed by atoms with Crippen LogP contribution in [0.4, 0.5) is 0 Å². The van der Waals surface area contributed by atoms with Crippen LogP contribution >= 0.6 is 0 Å². The number of benzene rings is 2. The van der Waals surface area contributed by atoms with Crippen molar-refractivity contribution in [1.82, 2.24) is 0 Å². The summed E-state index contributed by atoms with van der Waals surface area (Å²) in [5.74, 6) is 0.909. The third-order valence-electron chi connectivity index (χ3n) is 10.2. The van der Waals surface area contributed by atoms with Gasteiger partial charge in [-0.05, 0) is 133 Å². The number of hydrogen-bond acceptors (Lipinski definition) is 0. The van der Waals surface area contributed by atoms with Crippen molar-refractivity contribution in [3.63, 3.8) is 0 Å². The molecule has 0 radical (unpaired) electrons. The van der Waals surface area contributed by atoms with Crippen LogP contribution in [0.15, 0.2) is 102 Å². The van der Waals surface area contributed by atoms with E-state index < -0.39 is 0 Å². The van der Waals surface area contributed by atoms with Gasteiger partial charge in [0.25, 0.3) is 0 Å². The van der Waals surface area contributed by atoms with Crippen LogP contribution in [0.2, 0.25) is 0 Å². The average Bonchev–Trinajstić information content (AvgIpc) is 3.25. The van der Waals surface area contributed by atoms with Crippen molar-refractivity contribution in [2.24, 2.45) is 11.3 Å². The molecule has 2 aliphatic rings. The summed E-state index contributed by atoms with van der Waals surface area (Å²) in [6, 6.07) is 18.3. The molecule has 0 amide bonds. The Morgan fingerprint density at radius 3 is 1.31 bits per heavy atom. The molecule has 340 valence electrons. The molecule has 0 heterocycles. The lowest BCUT2D eigenvalue weighted by molar-refractivity contribution is 0.188. The highest BCUT2D eigenvalue weighted by Crippen LogP contribution is 2.53. The van der Waals surface area contributed by atoms with Crippen molar-refractivity contribution in [2.45, 2.75) is 222 Å². The van der Waals surface area contributed by atoms with Gasteiger partial charge in [-0.3, -0.25) is 0 Å². The van der Waals surface area contributed by atoms with Crippen LogP contribution in [0, 0.1) is 31.1 Å². The predicted octanol–water partition coefficient (Wildman–Crippen LogP) is 20.8.